The van der Waals surface area contributed by atoms with Crippen molar-refractivity contribution < 1.29 is 4.79 Å². The molecular formula is C15H22ClN5O. The summed E-state index contributed by atoms with van der Waals surface area (Å²) >= 11 is 6.15. The van der Waals surface area contributed by atoms with Crippen LogP contribution in [0.3, 0.4) is 0 Å². The fourth-order valence-electron chi connectivity index (χ4n) is 2.48. The van der Waals surface area contributed by atoms with Crippen LogP contribution in [0, 0.1) is 20.8 Å². The number of carbonyl (C=O) groups is 1. The minimum Gasteiger partial charge on any atom is -0.348 e. The summed E-state index contributed by atoms with van der Waals surface area (Å²) in [5.74, 6) is -0.0991. The number of amides is 1. The zero-order valence-corrected chi connectivity index (χ0v) is 14.6. The van der Waals surface area contributed by atoms with Crippen LogP contribution in [0.1, 0.15) is 48.6 Å². The van der Waals surface area contributed by atoms with Crippen LogP contribution in [0.5, 0.6) is 0 Å². The molecule has 2 aromatic heterocycles. The van der Waals surface area contributed by atoms with Gasteiger partial charge < -0.3 is 5.32 Å². The molecule has 0 fully saturated rings. The second kappa shape index (κ2) is 6.12. The molecule has 7 heteroatoms. The van der Waals surface area contributed by atoms with E-state index in [0.717, 1.165) is 22.6 Å². The van der Waals surface area contributed by atoms with E-state index in [1.165, 1.54) is 0 Å². The minimum absolute atomic E-state index is 0.0991. The first kappa shape index (κ1) is 16.5. The van der Waals surface area contributed by atoms with Crippen molar-refractivity contribution in [1.82, 2.24) is 24.9 Å². The van der Waals surface area contributed by atoms with Gasteiger partial charge >= 0.3 is 0 Å². The lowest BCUT2D eigenvalue weighted by molar-refractivity contribution is -0.124. The predicted octanol–water partition coefficient (Wildman–Crippen LogP) is 2.63. The predicted molar refractivity (Wildman–Crippen MR) is 85.9 cm³/mol. The summed E-state index contributed by atoms with van der Waals surface area (Å²) in [5, 5.41) is 12.2. The normalized spacial score (nSPS) is 14.0. The number of hydrogen-bond acceptors (Lipinski definition) is 3. The Morgan fingerprint density at radius 3 is 2.36 bits per heavy atom. The SMILES string of the molecule is Cc1nn(C(C)C(=O)NC(C)c2cnn(C)c2C)c(C)c1Cl. The molecule has 2 aromatic rings. The van der Waals surface area contributed by atoms with Gasteiger partial charge in [-0.1, -0.05) is 11.6 Å². The average molecular weight is 324 g/mol. The largest absolute Gasteiger partial charge is 0.348 e. The van der Waals surface area contributed by atoms with Crippen LogP contribution in [0.15, 0.2) is 6.20 Å². The Kier molecular flexibility index (Phi) is 4.60. The van der Waals surface area contributed by atoms with Gasteiger partial charge in [-0.2, -0.15) is 10.2 Å². The second-order valence-corrected chi connectivity index (χ2v) is 6.02. The number of carbonyl (C=O) groups excluding carboxylic acids is 1. The molecule has 0 aliphatic carbocycles. The Balaban J connectivity index is 2.14. The molecule has 0 aliphatic rings. The van der Waals surface area contributed by atoms with Crippen LogP contribution in [-0.2, 0) is 11.8 Å². The quantitative estimate of drug-likeness (QED) is 0.940. The van der Waals surface area contributed by atoms with E-state index in [1.54, 1.807) is 15.6 Å². The molecule has 0 bridgehead atoms. The molecule has 0 aromatic carbocycles. The average Bonchev–Trinajstić information content (AvgIpc) is 2.93. The molecule has 1 N–H and O–H groups in total. The van der Waals surface area contributed by atoms with E-state index in [1.807, 2.05) is 41.7 Å². The Bertz CT molecular complexity index is 703. The third-order valence-electron chi connectivity index (χ3n) is 4.08. The third-order valence-corrected chi connectivity index (χ3v) is 4.63. The zero-order valence-electron chi connectivity index (χ0n) is 13.8. The summed E-state index contributed by atoms with van der Waals surface area (Å²) in [6, 6.07) is -0.540. The van der Waals surface area contributed by atoms with E-state index >= 15 is 0 Å². The van der Waals surface area contributed by atoms with E-state index in [-0.39, 0.29) is 11.9 Å². The molecule has 120 valence electrons. The van der Waals surface area contributed by atoms with Gasteiger partial charge in [0.05, 0.1) is 28.6 Å². The van der Waals surface area contributed by atoms with Crippen molar-refractivity contribution >= 4 is 17.5 Å². The fourth-order valence-corrected chi connectivity index (χ4v) is 2.61. The fraction of sp³-hybridized carbons (Fsp3) is 0.533. The van der Waals surface area contributed by atoms with Crippen molar-refractivity contribution in [2.75, 3.05) is 0 Å². The van der Waals surface area contributed by atoms with Crippen molar-refractivity contribution in [1.29, 1.82) is 0 Å². The van der Waals surface area contributed by atoms with Gasteiger partial charge in [-0.25, -0.2) is 0 Å². The van der Waals surface area contributed by atoms with E-state index < -0.39 is 6.04 Å². The van der Waals surface area contributed by atoms with Crippen molar-refractivity contribution in [2.45, 2.75) is 46.7 Å². The lowest BCUT2D eigenvalue weighted by Gasteiger charge is -2.19. The summed E-state index contributed by atoms with van der Waals surface area (Å²) in [6.45, 7) is 9.44. The molecule has 1 amide bonds. The number of halogens is 1. The number of nitrogens with one attached hydrogen (secondary N) is 1. The van der Waals surface area contributed by atoms with Gasteiger partial charge in [0.15, 0.2) is 0 Å². The molecule has 0 saturated carbocycles. The van der Waals surface area contributed by atoms with Gasteiger partial charge in [-0.15, -0.1) is 0 Å². The van der Waals surface area contributed by atoms with Crippen LogP contribution in [0.2, 0.25) is 5.02 Å². The van der Waals surface area contributed by atoms with Crippen molar-refractivity contribution in [3.05, 3.63) is 33.9 Å². The molecule has 6 nitrogen and oxygen atoms in total. The Morgan fingerprint density at radius 1 is 1.27 bits per heavy atom. The molecule has 0 saturated heterocycles. The van der Waals surface area contributed by atoms with Crippen molar-refractivity contribution in [2.24, 2.45) is 7.05 Å². The molecule has 0 aliphatic heterocycles. The third kappa shape index (κ3) is 2.88. The highest BCUT2D eigenvalue weighted by Crippen LogP contribution is 2.23. The van der Waals surface area contributed by atoms with Crippen molar-refractivity contribution in [3.63, 3.8) is 0 Å². The van der Waals surface area contributed by atoms with Gasteiger partial charge in [-0.3, -0.25) is 14.2 Å². The lowest BCUT2D eigenvalue weighted by atomic mass is 10.1. The zero-order chi connectivity index (χ0) is 16.6. The van der Waals surface area contributed by atoms with Crippen LogP contribution >= 0.6 is 11.6 Å². The molecule has 0 radical (unpaired) electrons. The highest BCUT2D eigenvalue weighted by atomic mass is 35.5. The number of hydrogen-bond donors (Lipinski definition) is 1. The van der Waals surface area contributed by atoms with E-state index in [9.17, 15) is 4.79 Å². The highest BCUT2D eigenvalue weighted by Gasteiger charge is 2.23. The molecular weight excluding hydrogens is 302 g/mol. The summed E-state index contributed by atoms with van der Waals surface area (Å²) < 4.78 is 3.46. The summed E-state index contributed by atoms with van der Waals surface area (Å²) in [7, 11) is 1.88. The minimum atomic E-state index is -0.425. The standard InChI is InChI=1S/C15H22ClN5O/c1-8(13-7-17-20(6)10(13)3)18-15(22)12(5)21-11(4)14(16)9(2)19-21/h7-8,12H,1-6H3,(H,18,22). The maximum atomic E-state index is 12.5. The Labute approximate surface area is 135 Å². The lowest BCUT2D eigenvalue weighted by Crippen LogP contribution is -2.34. The summed E-state index contributed by atoms with van der Waals surface area (Å²) in [5.41, 5.74) is 3.58. The maximum Gasteiger partial charge on any atom is 0.245 e. The van der Waals surface area contributed by atoms with Crippen LogP contribution in [0.4, 0.5) is 0 Å². The Hall–Kier alpha value is -1.82. The molecule has 2 unspecified atom stereocenters. The highest BCUT2D eigenvalue weighted by molar-refractivity contribution is 6.31. The van der Waals surface area contributed by atoms with E-state index in [4.69, 9.17) is 11.6 Å². The van der Waals surface area contributed by atoms with Crippen molar-refractivity contribution in [3.8, 4) is 0 Å². The monoisotopic (exact) mass is 323 g/mol. The van der Waals surface area contributed by atoms with Crippen LogP contribution in [-0.4, -0.2) is 25.5 Å². The molecule has 2 heterocycles. The van der Waals surface area contributed by atoms with Gasteiger partial charge in [0.2, 0.25) is 5.91 Å². The number of aromatic nitrogens is 4. The second-order valence-electron chi connectivity index (χ2n) is 5.64. The molecule has 22 heavy (non-hydrogen) atoms. The first-order valence-electron chi connectivity index (χ1n) is 7.24. The molecule has 2 rings (SSSR count). The first-order chi connectivity index (χ1) is 10.2. The topological polar surface area (TPSA) is 64.7 Å². The van der Waals surface area contributed by atoms with E-state index in [2.05, 4.69) is 15.5 Å². The summed E-state index contributed by atoms with van der Waals surface area (Å²) in [6.07, 6.45) is 1.78. The van der Waals surface area contributed by atoms with Gasteiger partial charge in [0.25, 0.3) is 0 Å². The van der Waals surface area contributed by atoms with Gasteiger partial charge in [0, 0.05) is 18.3 Å². The number of rotatable bonds is 4. The number of nitrogens with zero attached hydrogens (tertiary/aromatic N) is 4. The van der Waals surface area contributed by atoms with Gasteiger partial charge in [0.1, 0.15) is 6.04 Å². The first-order valence-corrected chi connectivity index (χ1v) is 7.61. The molecule has 0 spiro atoms. The number of aryl methyl sites for hydroxylation is 2. The van der Waals surface area contributed by atoms with Gasteiger partial charge in [-0.05, 0) is 34.6 Å². The van der Waals surface area contributed by atoms with Crippen LogP contribution < -0.4 is 5.32 Å². The van der Waals surface area contributed by atoms with Crippen LogP contribution in [0.25, 0.3) is 0 Å². The molecule has 2 atom stereocenters. The Morgan fingerprint density at radius 2 is 1.91 bits per heavy atom. The summed E-state index contributed by atoms with van der Waals surface area (Å²) in [4.78, 5) is 12.5. The maximum absolute atomic E-state index is 12.5. The van der Waals surface area contributed by atoms with E-state index in [0.29, 0.717) is 5.02 Å². The smallest absolute Gasteiger partial charge is 0.245 e.